The second-order valence-corrected chi connectivity index (χ2v) is 4.79. The van der Waals surface area contributed by atoms with Gasteiger partial charge in [0.1, 0.15) is 0 Å². The smallest absolute Gasteiger partial charge is 0.428 e. The number of methoxy groups -OCH3 is 1. The van der Waals surface area contributed by atoms with Crippen molar-refractivity contribution in [2.24, 2.45) is 0 Å². The van der Waals surface area contributed by atoms with E-state index < -0.39 is 41.3 Å². The molecule has 0 aliphatic heterocycles. The van der Waals surface area contributed by atoms with Gasteiger partial charge in [-0.2, -0.15) is 13.2 Å². The molecule has 1 rings (SSSR count). The second kappa shape index (κ2) is 6.13. The van der Waals surface area contributed by atoms with Crippen LogP contribution in [-0.4, -0.2) is 35.1 Å². The standard InChI is InChI=1S/C13H11ClF4O4/c1-6(5-12(21,11(19)20)13(16,17)18)7-3-4-8(14)9(15)10(7)22-2/h3-4,21H,1,5H2,2H3,(H,19,20). The van der Waals surface area contributed by atoms with Crippen LogP contribution in [0.25, 0.3) is 5.57 Å². The van der Waals surface area contributed by atoms with E-state index in [1.54, 1.807) is 0 Å². The van der Waals surface area contributed by atoms with Gasteiger partial charge in [0.05, 0.1) is 12.1 Å². The SMILES string of the molecule is C=C(CC(O)(C(=O)O)C(F)(F)F)c1ccc(Cl)c(F)c1OC. The zero-order valence-electron chi connectivity index (χ0n) is 11.2. The lowest BCUT2D eigenvalue weighted by molar-refractivity contribution is -0.258. The molecule has 1 aromatic rings. The predicted octanol–water partition coefficient (Wildman–Crippen LogP) is 3.27. The van der Waals surface area contributed by atoms with Gasteiger partial charge < -0.3 is 14.9 Å². The molecule has 0 bridgehead atoms. The first-order chi connectivity index (χ1) is 9.95. The summed E-state index contributed by atoms with van der Waals surface area (Å²) in [6.07, 6.45) is -6.84. The van der Waals surface area contributed by atoms with Gasteiger partial charge in [-0.3, -0.25) is 0 Å². The molecule has 2 N–H and O–H groups in total. The zero-order chi connectivity index (χ0) is 17.3. The normalized spacial score (nSPS) is 14.3. The van der Waals surface area contributed by atoms with Crippen LogP contribution in [-0.2, 0) is 4.79 Å². The molecule has 1 atom stereocenters. The van der Waals surface area contributed by atoms with Gasteiger partial charge in [0, 0.05) is 12.0 Å². The van der Waals surface area contributed by atoms with Gasteiger partial charge >= 0.3 is 12.1 Å². The van der Waals surface area contributed by atoms with Gasteiger partial charge in [-0.25, -0.2) is 9.18 Å². The fourth-order valence-electron chi connectivity index (χ4n) is 1.71. The number of benzene rings is 1. The van der Waals surface area contributed by atoms with Crippen molar-refractivity contribution in [3.8, 4) is 5.75 Å². The average molecular weight is 343 g/mol. The van der Waals surface area contributed by atoms with E-state index in [9.17, 15) is 27.5 Å². The topological polar surface area (TPSA) is 66.8 Å². The molecule has 1 unspecified atom stereocenters. The van der Waals surface area contributed by atoms with E-state index in [0.717, 1.165) is 19.2 Å². The third-order valence-corrected chi connectivity index (χ3v) is 3.22. The van der Waals surface area contributed by atoms with E-state index in [-0.39, 0.29) is 10.6 Å². The van der Waals surface area contributed by atoms with Crippen LogP contribution in [0.4, 0.5) is 17.6 Å². The molecule has 0 aromatic heterocycles. The quantitative estimate of drug-likeness (QED) is 0.806. The summed E-state index contributed by atoms with van der Waals surface area (Å²) in [7, 11) is 1.05. The van der Waals surface area contributed by atoms with Crippen molar-refractivity contribution in [3.63, 3.8) is 0 Å². The van der Waals surface area contributed by atoms with Crippen molar-refractivity contribution in [2.45, 2.75) is 18.2 Å². The molecule has 22 heavy (non-hydrogen) atoms. The molecule has 0 aliphatic rings. The largest absolute Gasteiger partial charge is 0.493 e. The number of hydrogen-bond donors (Lipinski definition) is 2. The van der Waals surface area contributed by atoms with Crippen LogP contribution in [0.3, 0.4) is 0 Å². The Morgan fingerprint density at radius 2 is 1.95 bits per heavy atom. The van der Waals surface area contributed by atoms with E-state index in [2.05, 4.69) is 6.58 Å². The van der Waals surface area contributed by atoms with Gasteiger partial charge in [0.2, 0.25) is 0 Å². The Bertz CT molecular complexity index is 615. The number of carbonyl (C=O) groups is 1. The second-order valence-electron chi connectivity index (χ2n) is 4.39. The van der Waals surface area contributed by atoms with Gasteiger partial charge in [0.15, 0.2) is 11.6 Å². The first-order valence-electron chi connectivity index (χ1n) is 5.68. The van der Waals surface area contributed by atoms with Crippen molar-refractivity contribution in [3.05, 3.63) is 35.1 Å². The maximum Gasteiger partial charge on any atom is 0.428 e. The molecule has 0 spiro atoms. The predicted molar refractivity (Wildman–Crippen MR) is 70.3 cm³/mol. The molecule has 0 aliphatic carbocycles. The molecule has 0 fully saturated rings. The highest BCUT2D eigenvalue weighted by Crippen LogP contribution is 2.40. The van der Waals surface area contributed by atoms with Crippen molar-refractivity contribution < 1.29 is 37.3 Å². The van der Waals surface area contributed by atoms with Crippen LogP contribution in [0, 0.1) is 5.82 Å². The molecule has 1 aromatic carbocycles. The summed E-state index contributed by atoms with van der Waals surface area (Å²) in [5, 5.41) is 17.7. The Morgan fingerprint density at radius 1 is 1.41 bits per heavy atom. The minimum Gasteiger partial charge on any atom is -0.493 e. The van der Waals surface area contributed by atoms with Gasteiger partial charge in [0.25, 0.3) is 5.60 Å². The first kappa shape index (κ1) is 18.2. The van der Waals surface area contributed by atoms with Gasteiger partial charge in [-0.05, 0) is 17.7 Å². The number of aliphatic hydroxyl groups is 1. The molecule has 0 saturated carbocycles. The lowest BCUT2D eigenvalue weighted by Crippen LogP contribution is -2.52. The van der Waals surface area contributed by atoms with E-state index >= 15 is 0 Å². The number of carboxylic acids is 1. The molecule has 0 heterocycles. The molecule has 9 heteroatoms. The van der Waals surface area contributed by atoms with Crippen LogP contribution < -0.4 is 4.74 Å². The number of hydrogen-bond acceptors (Lipinski definition) is 3. The van der Waals surface area contributed by atoms with Crippen molar-refractivity contribution in [2.75, 3.05) is 7.11 Å². The van der Waals surface area contributed by atoms with Crippen molar-refractivity contribution >= 4 is 23.1 Å². The molecule has 0 amide bonds. The number of aliphatic carboxylic acids is 1. The Hall–Kier alpha value is -1.80. The highest BCUT2D eigenvalue weighted by Gasteiger charge is 2.60. The van der Waals surface area contributed by atoms with Crippen LogP contribution in [0.5, 0.6) is 5.75 Å². The Kier molecular flexibility index (Phi) is 5.09. The third-order valence-electron chi connectivity index (χ3n) is 2.93. The van der Waals surface area contributed by atoms with Crippen molar-refractivity contribution in [1.29, 1.82) is 0 Å². The molecular weight excluding hydrogens is 332 g/mol. The first-order valence-corrected chi connectivity index (χ1v) is 6.06. The zero-order valence-corrected chi connectivity index (χ0v) is 11.9. The Morgan fingerprint density at radius 3 is 2.36 bits per heavy atom. The Labute approximate surface area is 127 Å². The molecule has 4 nitrogen and oxygen atoms in total. The monoisotopic (exact) mass is 342 g/mol. The van der Waals surface area contributed by atoms with Crippen LogP contribution in [0.15, 0.2) is 18.7 Å². The molecule has 122 valence electrons. The lowest BCUT2D eigenvalue weighted by atomic mass is 9.90. The fourth-order valence-corrected chi connectivity index (χ4v) is 1.86. The highest BCUT2D eigenvalue weighted by molar-refractivity contribution is 6.31. The summed E-state index contributed by atoms with van der Waals surface area (Å²) in [5.41, 5.74) is -4.76. The number of alkyl halides is 3. The average Bonchev–Trinajstić information content (AvgIpc) is 2.39. The molecular formula is C13H11ClF4O4. The van der Waals surface area contributed by atoms with Crippen LogP contribution in [0.2, 0.25) is 5.02 Å². The summed E-state index contributed by atoms with van der Waals surface area (Å²) in [6, 6.07) is 2.17. The van der Waals surface area contributed by atoms with Gasteiger partial charge in [-0.1, -0.05) is 18.2 Å². The van der Waals surface area contributed by atoms with E-state index in [1.165, 1.54) is 0 Å². The van der Waals surface area contributed by atoms with Crippen molar-refractivity contribution in [1.82, 2.24) is 0 Å². The highest BCUT2D eigenvalue weighted by atomic mass is 35.5. The summed E-state index contributed by atoms with van der Waals surface area (Å²) in [5.74, 6) is -4.02. The van der Waals surface area contributed by atoms with E-state index in [1.807, 2.05) is 0 Å². The third kappa shape index (κ3) is 3.17. The van der Waals surface area contributed by atoms with Crippen LogP contribution in [0.1, 0.15) is 12.0 Å². The van der Waals surface area contributed by atoms with Crippen LogP contribution >= 0.6 is 11.6 Å². The number of rotatable bonds is 5. The van der Waals surface area contributed by atoms with E-state index in [0.29, 0.717) is 0 Å². The lowest BCUT2D eigenvalue weighted by Gasteiger charge is -2.27. The molecule has 0 saturated heterocycles. The summed E-state index contributed by atoms with van der Waals surface area (Å²) < 4.78 is 56.7. The minimum absolute atomic E-state index is 0.228. The minimum atomic E-state index is -5.44. The summed E-state index contributed by atoms with van der Waals surface area (Å²) >= 11 is 5.52. The number of halogens is 5. The summed E-state index contributed by atoms with van der Waals surface area (Å²) in [6.45, 7) is 3.27. The molecule has 0 radical (unpaired) electrons. The van der Waals surface area contributed by atoms with E-state index in [4.69, 9.17) is 21.4 Å². The number of ether oxygens (including phenoxy) is 1. The Balaban J connectivity index is 3.28. The number of carboxylic acid groups (broad SMARTS) is 1. The van der Waals surface area contributed by atoms with Gasteiger partial charge in [-0.15, -0.1) is 0 Å². The summed E-state index contributed by atoms with van der Waals surface area (Å²) in [4.78, 5) is 10.8. The maximum absolute atomic E-state index is 13.7. The maximum atomic E-state index is 13.7. The fraction of sp³-hybridized carbons (Fsp3) is 0.308.